The van der Waals surface area contributed by atoms with Crippen molar-refractivity contribution in [2.75, 3.05) is 13.2 Å². The molecule has 2 rings (SSSR count). The highest BCUT2D eigenvalue weighted by molar-refractivity contribution is 5.82. The average Bonchev–Trinajstić information content (AvgIpc) is 2.58. The molecule has 0 radical (unpaired) electrons. The molecule has 2 aromatic rings. The largest absolute Gasteiger partial charge is 0.484 e. The molecule has 0 aliphatic carbocycles. The second-order valence-electron chi connectivity index (χ2n) is 4.67. The summed E-state index contributed by atoms with van der Waals surface area (Å²) < 4.78 is 22.9. The van der Waals surface area contributed by atoms with Gasteiger partial charge in [0.1, 0.15) is 24.7 Å². The molecule has 0 heterocycles. The third-order valence-corrected chi connectivity index (χ3v) is 2.86. The van der Waals surface area contributed by atoms with Gasteiger partial charge in [-0.05, 0) is 29.8 Å². The van der Waals surface area contributed by atoms with Gasteiger partial charge in [-0.3, -0.25) is 9.59 Å². The lowest BCUT2D eigenvalue weighted by molar-refractivity contribution is -0.145. The van der Waals surface area contributed by atoms with E-state index >= 15 is 0 Å². The van der Waals surface area contributed by atoms with Gasteiger partial charge in [-0.2, -0.15) is 0 Å². The molecule has 0 aliphatic rings. The van der Waals surface area contributed by atoms with Gasteiger partial charge in [-0.1, -0.05) is 30.3 Å². The van der Waals surface area contributed by atoms with Crippen LogP contribution < -0.4 is 10.1 Å². The van der Waals surface area contributed by atoms with Crippen LogP contribution in [0.1, 0.15) is 5.56 Å². The van der Waals surface area contributed by atoms with Crippen molar-refractivity contribution in [3.8, 4) is 5.75 Å². The maximum absolute atomic E-state index is 12.7. The maximum atomic E-state index is 12.7. The van der Waals surface area contributed by atoms with Crippen LogP contribution in [0.15, 0.2) is 54.6 Å². The van der Waals surface area contributed by atoms with Gasteiger partial charge in [0, 0.05) is 0 Å². The molecule has 0 atom stereocenters. The molecule has 120 valence electrons. The van der Waals surface area contributed by atoms with E-state index in [9.17, 15) is 14.0 Å². The SMILES string of the molecule is O=C(COc1ccc(F)cc1)NCC(=O)OCc1ccccc1. The van der Waals surface area contributed by atoms with Crippen molar-refractivity contribution < 1.29 is 23.5 Å². The van der Waals surface area contributed by atoms with E-state index in [0.29, 0.717) is 5.75 Å². The molecule has 6 heteroatoms. The fraction of sp³-hybridized carbons (Fsp3) is 0.176. The Morgan fingerprint density at radius 2 is 1.70 bits per heavy atom. The summed E-state index contributed by atoms with van der Waals surface area (Å²) in [5.74, 6) is -1.02. The number of hydrogen-bond donors (Lipinski definition) is 1. The summed E-state index contributed by atoms with van der Waals surface area (Å²) in [6.07, 6.45) is 0. The first-order valence-corrected chi connectivity index (χ1v) is 6.98. The van der Waals surface area contributed by atoms with Crippen LogP contribution in [0, 0.1) is 5.82 Å². The summed E-state index contributed by atoms with van der Waals surface area (Å²) in [5, 5.41) is 2.39. The molecule has 1 amide bonds. The minimum Gasteiger partial charge on any atom is -0.484 e. The molecule has 0 unspecified atom stereocenters. The highest BCUT2D eigenvalue weighted by Gasteiger charge is 2.07. The minimum absolute atomic E-state index is 0.154. The Labute approximate surface area is 133 Å². The first-order valence-electron chi connectivity index (χ1n) is 6.98. The van der Waals surface area contributed by atoms with Crippen LogP contribution in [0.4, 0.5) is 4.39 Å². The van der Waals surface area contributed by atoms with Crippen LogP contribution in [-0.2, 0) is 20.9 Å². The zero-order chi connectivity index (χ0) is 16.5. The van der Waals surface area contributed by atoms with E-state index < -0.39 is 11.9 Å². The summed E-state index contributed by atoms with van der Waals surface area (Å²) in [6.45, 7) is -0.350. The molecule has 0 saturated carbocycles. The quantitative estimate of drug-likeness (QED) is 0.794. The summed E-state index contributed by atoms with van der Waals surface area (Å²) in [4.78, 5) is 23.1. The molecule has 0 fully saturated rings. The molecule has 0 spiro atoms. The molecule has 5 nitrogen and oxygen atoms in total. The lowest BCUT2D eigenvalue weighted by atomic mass is 10.2. The summed E-state index contributed by atoms with van der Waals surface area (Å²) in [6, 6.07) is 14.5. The van der Waals surface area contributed by atoms with E-state index in [1.54, 1.807) is 0 Å². The minimum atomic E-state index is -0.538. The highest BCUT2D eigenvalue weighted by Crippen LogP contribution is 2.10. The van der Waals surface area contributed by atoms with Gasteiger partial charge in [-0.15, -0.1) is 0 Å². The number of esters is 1. The van der Waals surface area contributed by atoms with Crippen molar-refractivity contribution in [3.05, 3.63) is 66.0 Å². The van der Waals surface area contributed by atoms with E-state index in [-0.39, 0.29) is 25.6 Å². The Hall–Kier alpha value is -2.89. The predicted octanol–water partition coefficient (Wildman–Crippen LogP) is 2.06. The standard InChI is InChI=1S/C17H16FNO4/c18-14-6-8-15(9-7-14)22-12-16(20)19-10-17(21)23-11-13-4-2-1-3-5-13/h1-9H,10-12H2,(H,19,20). The highest BCUT2D eigenvalue weighted by atomic mass is 19.1. The van der Waals surface area contributed by atoms with Gasteiger partial charge >= 0.3 is 5.97 Å². The number of benzene rings is 2. The third kappa shape index (κ3) is 6.17. The van der Waals surface area contributed by atoms with Crippen LogP contribution in [0.3, 0.4) is 0 Å². The zero-order valence-corrected chi connectivity index (χ0v) is 12.3. The van der Waals surface area contributed by atoms with Crippen molar-refractivity contribution >= 4 is 11.9 Å². The number of ether oxygens (including phenoxy) is 2. The Kier molecular flexibility index (Phi) is 6.11. The normalized spacial score (nSPS) is 9.96. The van der Waals surface area contributed by atoms with Gasteiger partial charge in [0.05, 0.1) is 0 Å². The van der Waals surface area contributed by atoms with Gasteiger partial charge < -0.3 is 14.8 Å². The maximum Gasteiger partial charge on any atom is 0.325 e. The van der Waals surface area contributed by atoms with Gasteiger partial charge in [0.15, 0.2) is 6.61 Å². The number of amides is 1. The molecule has 0 aromatic heterocycles. The zero-order valence-electron chi connectivity index (χ0n) is 12.3. The number of hydrogen-bond acceptors (Lipinski definition) is 4. The van der Waals surface area contributed by atoms with Gasteiger partial charge in [0.25, 0.3) is 5.91 Å². The average molecular weight is 317 g/mol. The molecular formula is C17H16FNO4. The van der Waals surface area contributed by atoms with E-state index in [1.807, 2.05) is 30.3 Å². The first-order chi connectivity index (χ1) is 11.1. The first kappa shape index (κ1) is 16.5. The predicted molar refractivity (Wildman–Crippen MR) is 81.1 cm³/mol. The van der Waals surface area contributed by atoms with E-state index in [2.05, 4.69) is 5.32 Å². The van der Waals surface area contributed by atoms with Crippen molar-refractivity contribution in [3.63, 3.8) is 0 Å². The second-order valence-corrected chi connectivity index (χ2v) is 4.67. The topological polar surface area (TPSA) is 64.6 Å². The van der Waals surface area contributed by atoms with E-state index in [1.165, 1.54) is 24.3 Å². The molecule has 0 aliphatic heterocycles. The summed E-state index contributed by atoms with van der Waals surface area (Å²) >= 11 is 0. The Bertz CT molecular complexity index is 643. The Morgan fingerprint density at radius 1 is 1.00 bits per heavy atom. The second kappa shape index (κ2) is 8.53. The number of carbonyl (C=O) groups is 2. The molecule has 1 N–H and O–H groups in total. The number of nitrogens with one attached hydrogen (secondary N) is 1. The monoisotopic (exact) mass is 317 g/mol. The third-order valence-electron chi connectivity index (χ3n) is 2.86. The smallest absolute Gasteiger partial charge is 0.325 e. The molecule has 2 aromatic carbocycles. The molecule has 23 heavy (non-hydrogen) atoms. The lowest BCUT2D eigenvalue weighted by Gasteiger charge is -2.08. The van der Waals surface area contributed by atoms with E-state index in [0.717, 1.165) is 5.56 Å². The number of halogens is 1. The van der Waals surface area contributed by atoms with Crippen molar-refractivity contribution in [1.82, 2.24) is 5.32 Å². The fourth-order valence-corrected chi connectivity index (χ4v) is 1.69. The number of carbonyl (C=O) groups excluding carboxylic acids is 2. The van der Waals surface area contributed by atoms with Crippen molar-refractivity contribution in [1.29, 1.82) is 0 Å². The van der Waals surface area contributed by atoms with Crippen molar-refractivity contribution in [2.24, 2.45) is 0 Å². The van der Waals surface area contributed by atoms with Gasteiger partial charge in [-0.25, -0.2) is 4.39 Å². The Morgan fingerprint density at radius 3 is 2.39 bits per heavy atom. The number of rotatable bonds is 7. The fourth-order valence-electron chi connectivity index (χ4n) is 1.69. The van der Waals surface area contributed by atoms with Gasteiger partial charge in [0.2, 0.25) is 0 Å². The van der Waals surface area contributed by atoms with Crippen LogP contribution in [-0.4, -0.2) is 25.0 Å². The Balaban J connectivity index is 1.63. The molecular weight excluding hydrogens is 301 g/mol. The molecule has 0 saturated heterocycles. The molecule has 0 bridgehead atoms. The lowest BCUT2D eigenvalue weighted by Crippen LogP contribution is -2.34. The van der Waals surface area contributed by atoms with Crippen LogP contribution in [0.25, 0.3) is 0 Å². The summed E-state index contributed by atoms with van der Waals surface area (Å²) in [5.41, 5.74) is 0.867. The van der Waals surface area contributed by atoms with Crippen LogP contribution >= 0.6 is 0 Å². The summed E-state index contributed by atoms with van der Waals surface area (Å²) in [7, 11) is 0. The van der Waals surface area contributed by atoms with Crippen LogP contribution in [0.2, 0.25) is 0 Å². The van der Waals surface area contributed by atoms with Crippen molar-refractivity contribution in [2.45, 2.75) is 6.61 Å². The van der Waals surface area contributed by atoms with Crippen LogP contribution in [0.5, 0.6) is 5.75 Å². The van der Waals surface area contributed by atoms with E-state index in [4.69, 9.17) is 9.47 Å².